The Morgan fingerprint density at radius 2 is 1.94 bits per heavy atom. The van der Waals surface area contributed by atoms with E-state index in [0.717, 1.165) is 0 Å². The Balaban J connectivity index is 2.71. The van der Waals surface area contributed by atoms with E-state index in [9.17, 15) is 13.2 Å². The molecule has 0 bridgehead atoms. The van der Waals surface area contributed by atoms with Gasteiger partial charge in [0.1, 0.15) is 6.42 Å². The third-order valence-electron chi connectivity index (χ3n) is 1.95. The van der Waals surface area contributed by atoms with E-state index in [1.807, 2.05) is 0 Å². The number of benzene rings is 1. The van der Waals surface area contributed by atoms with Crippen molar-refractivity contribution in [1.29, 1.82) is 0 Å². The molecule has 0 spiro atoms. The molecule has 1 aromatic rings. The molecule has 0 heterocycles. The first-order valence-electron chi connectivity index (χ1n) is 5.21. The zero-order valence-corrected chi connectivity index (χ0v) is 10.7. The van der Waals surface area contributed by atoms with E-state index in [1.54, 1.807) is 6.92 Å². The summed E-state index contributed by atoms with van der Waals surface area (Å²) in [4.78, 5) is 11.0. The van der Waals surface area contributed by atoms with E-state index in [0.29, 0.717) is 12.2 Å². The largest absolute Gasteiger partial charge is 0.465 e. The zero-order chi connectivity index (χ0) is 13.6. The number of sulfonamides is 1. The van der Waals surface area contributed by atoms with Gasteiger partial charge in [-0.15, -0.1) is 0 Å². The Morgan fingerprint density at radius 3 is 2.44 bits per heavy atom. The summed E-state index contributed by atoms with van der Waals surface area (Å²) in [6.07, 6.45) is 0.00474. The van der Waals surface area contributed by atoms with Crippen molar-refractivity contribution in [2.24, 2.45) is 5.14 Å². The number of ether oxygens (including phenoxy) is 1. The van der Waals surface area contributed by atoms with Gasteiger partial charge < -0.3 is 4.74 Å². The van der Waals surface area contributed by atoms with E-state index in [4.69, 9.17) is 9.88 Å². The molecule has 0 aliphatic heterocycles. The lowest BCUT2D eigenvalue weighted by atomic mass is 10.2. The average Bonchev–Trinajstić information content (AvgIpc) is 2.29. The van der Waals surface area contributed by atoms with E-state index in [-0.39, 0.29) is 17.3 Å². The molecule has 0 amide bonds. The van der Waals surface area contributed by atoms with Gasteiger partial charge in [0.15, 0.2) is 0 Å². The molecule has 2 N–H and O–H groups in total. The van der Waals surface area contributed by atoms with Crippen LogP contribution < -0.4 is 5.14 Å². The predicted octanol–water partition coefficient (Wildman–Crippen LogP) is 0.639. The van der Waals surface area contributed by atoms with Crippen molar-refractivity contribution in [3.63, 3.8) is 0 Å². The van der Waals surface area contributed by atoms with Gasteiger partial charge in [-0.1, -0.05) is 11.8 Å². The monoisotopic (exact) mass is 267 g/mol. The summed E-state index contributed by atoms with van der Waals surface area (Å²) in [5.41, 5.74) is 0.603. The SMILES string of the molecule is CCOC(=O)CC#Cc1ccc(S(N)(=O)=O)cc1. The van der Waals surface area contributed by atoms with Gasteiger partial charge in [-0.25, -0.2) is 13.6 Å². The molecule has 0 aliphatic carbocycles. The van der Waals surface area contributed by atoms with Crippen molar-refractivity contribution in [2.45, 2.75) is 18.2 Å². The van der Waals surface area contributed by atoms with E-state index in [2.05, 4.69) is 11.8 Å². The van der Waals surface area contributed by atoms with Crippen molar-refractivity contribution in [2.75, 3.05) is 6.61 Å². The van der Waals surface area contributed by atoms with Crippen molar-refractivity contribution in [3.05, 3.63) is 29.8 Å². The summed E-state index contributed by atoms with van der Waals surface area (Å²) in [5.74, 6) is 4.98. The highest BCUT2D eigenvalue weighted by Crippen LogP contribution is 2.07. The van der Waals surface area contributed by atoms with E-state index >= 15 is 0 Å². The molecule has 1 aromatic carbocycles. The minimum absolute atomic E-state index is 0.00474. The van der Waals surface area contributed by atoms with Gasteiger partial charge in [-0.3, -0.25) is 4.79 Å². The number of carbonyl (C=O) groups excluding carboxylic acids is 1. The molecule has 18 heavy (non-hydrogen) atoms. The molecule has 1 rings (SSSR count). The molecule has 0 atom stereocenters. The van der Waals surface area contributed by atoms with Gasteiger partial charge >= 0.3 is 5.97 Å². The second-order valence-corrected chi connectivity index (χ2v) is 4.91. The maximum Gasteiger partial charge on any atom is 0.317 e. The molecule has 0 fully saturated rings. The topological polar surface area (TPSA) is 86.5 Å². The number of nitrogens with two attached hydrogens (primary N) is 1. The van der Waals surface area contributed by atoms with Crippen LogP contribution in [0.15, 0.2) is 29.2 Å². The summed E-state index contributed by atoms with van der Waals surface area (Å²) in [6, 6.07) is 5.78. The quantitative estimate of drug-likeness (QED) is 0.643. The fraction of sp³-hybridized carbons (Fsp3) is 0.250. The number of rotatable bonds is 3. The van der Waals surface area contributed by atoms with Crippen LogP contribution in [0.1, 0.15) is 18.9 Å². The summed E-state index contributed by atoms with van der Waals surface area (Å²) in [6.45, 7) is 2.04. The molecular weight excluding hydrogens is 254 g/mol. The number of primary sulfonamides is 1. The third kappa shape index (κ3) is 4.57. The smallest absolute Gasteiger partial charge is 0.317 e. The Hall–Kier alpha value is -1.84. The highest BCUT2D eigenvalue weighted by atomic mass is 32.2. The van der Waals surface area contributed by atoms with Crippen LogP contribution in [0, 0.1) is 11.8 Å². The number of esters is 1. The lowest BCUT2D eigenvalue weighted by Crippen LogP contribution is -2.11. The van der Waals surface area contributed by atoms with Crippen LogP contribution in [0.5, 0.6) is 0 Å². The number of hydrogen-bond acceptors (Lipinski definition) is 4. The van der Waals surface area contributed by atoms with Crippen molar-refractivity contribution < 1.29 is 17.9 Å². The lowest BCUT2D eigenvalue weighted by molar-refractivity contribution is -0.141. The molecule has 5 nitrogen and oxygen atoms in total. The van der Waals surface area contributed by atoms with Crippen molar-refractivity contribution in [1.82, 2.24) is 0 Å². The normalized spacial score (nSPS) is 10.3. The van der Waals surface area contributed by atoms with Gasteiger partial charge in [-0.2, -0.15) is 0 Å². The molecule has 0 aromatic heterocycles. The Morgan fingerprint density at radius 1 is 1.33 bits per heavy atom. The fourth-order valence-corrected chi connectivity index (χ4v) is 1.67. The van der Waals surface area contributed by atoms with Crippen LogP contribution in [0.3, 0.4) is 0 Å². The van der Waals surface area contributed by atoms with Gasteiger partial charge in [0.05, 0.1) is 11.5 Å². The highest BCUT2D eigenvalue weighted by Gasteiger charge is 2.05. The van der Waals surface area contributed by atoms with Crippen LogP contribution in [-0.4, -0.2) is 21.0 Å². The van der Waals surface area contributed by atoms with Crippen LogP contribution in [0.2, 0.25) is 0 Å². The first-order valence-corrected chi connectivity index (χ1v) is 6.75. The van der Waals surface area contributed by atoms with Crippen LogP contribution in [0.4, 0.5) is 0 Å². The van der Waals surface area contributed by atoms with Gasteiger partial charge in [0.25, 0.3) is 0 Å². The van der Waals surface area contributed by atoms with Gasteiger partial charge in [-0.05, 0) is 31.2 Å². The van der Waals surface area contributed by atoms with Crippen molar-refractivity contribution >= 4 is 16.0 Å². The van der Waals surface area contributed by atoms with Crippen LogP contribution in [-0.2, 0) is 19.6 Å². The number of hydrogen-bond donors (Lipinski definition) is 1. The first kappa shape index (κ1) is 14.2. The maximum atomic E-state index is 11.0. The molecule has 0 saturated carbocycles. The highest BCUT2D eigenvalue weighted by molar-refractivity contribution is 7.89. The summed E-state index contributed by atoms with van der Waals surface area (Å²) >= 11 is 0. The second kappa shape index (κ2) is 6.19. The first-order chi connectivity index (χ1) is 8.43. The fourth-order valence-electron chi connectivity index (χ4n) is 1.16. The van der Waals surface area contributed by atoms with Gasteiger partial charge in [0, 0.05) is 5.56 Å². The minimum Gasteiger partial charge on any atom is -0.465 e. The Kier molecular flexibility index (Phi) is 4.89. The maximum absolute atomic E-state index is 11.0. The summed E-state index contributed by atoms with van der Waals surface area (Å²) < 4.78 is 26.7. The molecule has 0 unspecified atom stereocenters. The average molecular weight is 267 g/mol. The van der Waals surface area contributed by atoms with Gasteiger partial charge in [0.2, 0.25) is 10.0 Å². The molecule has 0 aliphatic rings. The Bertz CT molecular complexity index is 579. The van der Waals surface area contributed by atoms with Crippen LogP contribution >= 0.6 is 0 Å². The minimum atomic E-state index is -3.68. The third-order valence-corrected chi connectivity index (χ3v) is 2.88. The van der Waals surface area contributed by atoms with Crippen molar-refractivity contribution in [3.8, 4) is 11.8 Å². The molecule has 0 saturated heterocycles. The summed E-state index contributed by atoms with van der Waals surface area (Å²) in [5, 5.41) is 4.96. The number of carbonyl (C=O) groups is 1. The predicted molar refractivity (Wildman–Crippen MR) is 65.9 cm³/mol. The molecule has 0 radical (unpaired) electrons. The van der Waals surface area contributed by atoms with E-state index in [1.165, 1.54) is 24.3 Å². The molecular formula is C12H13NO4S. The lowest BCUT2D eigenvalue weighted by Gasteiger charge is -1.97. The Labute approximate surface area is 106 Å². The molecule has 96 valence electrons. The standard InChI is InChI=1S/C12H13NO4S/c1-2-17-12(14)5-3-4-10-6-8-11(9-7-10)18(13,15)16/h6-9H,2,5H2,1H3,(H2,13,15,16). The van der Waals surface area contributed by atoms with E-state index < -0.39 is 10.0 Å². The zero-order valence-electron chi connectivity index (χ0n) is 9.84. The van der Waals surface area contributed by atoms with Crippen LogP contribution in [0.25, 0.3) is 0 Å². The summed E-state index contributed by atoms with van der Waals surface area (Å²) in [7, 11) is -3.68. The molecule has 6 heteroatoms. The second-order valence-electron chi connectivity index (χ2n) is 3.35.